The van der Waals surface area contributed by atoms with Crippen LogP contribution in [0.2, 0.25) is 0 Å². The molecule has 2 rings (SSSR count). The van der Waals surface area contributed by atoms with Crippen molar-refractivity contribution in [3.8, 4) is 11.1 Å². The highest BCUT2D eigenvalue weighted by molar-refractivity contribution is 5.69. The topological polar surface area (TPSA) is 43.8 Å². The zero-order valence-electron chi connectivity index (χ0n) is 10.7. The number of aromatic nitrogens is 2. The Hall–Kier alpha value is -1.61. The third-order valence-electron chi connectivity index (χ3n) is 2.97. The SMILES string of the molecule is Cc1ccc(C)c(-c2cn(C)nc2CCN)c1. The zero-order valence-corrected chi connectivity index (χ0v) is 10.7. The van der Waals surface area contributed by atoms with Gasteiger partial charge in [-0.3, -0.25) is 4.68 Å². The van der Waals surface area contributed by atoms with Gasteiger partial charge in [0.15, 0.2) is 0 Å². The van der Waals surface area contributed by atoms with E-state index in [9.17, 15) is 0 Å². The number of rotatable bonds is 3. The molecule has 0 aliphatic heterocycles. The molecule has 2 aromatic rings. The molecular formula is C14H19N3. The van der Waals surface area contributed by atoms with Gasteiger partial charge in [0.05, 0.1) is 5.69 Å². The summed E-state index contributed by atoms with van der Waals surface area (Å²) in [4.78, 5) is 0. The van der Waals surface area contributed by atoms with E-state index in [1.54, 1.807) is 0 Å². The molecule has 3 nitrogen and oxygen atoms in total. The summed E-state index contributed by atoms with van der Waals surface area (Å²) in [7, 11) is 1.95. The highest BCUT2D eigenvalue weighted by atomic mass is 15.2. The Morgan fingerprint density at radius 1 is 1.24 bits per heavy atom. The van der Waals surface area contributed by atoms with E-state index in [-0.39, 0.29) is 0 Å². The van der Waals surface area contributed by atoms with Gasteiger partial charge in [0.2, 0.25) is 0 Å². The van der Waals surface area contributed by atoms with Gasteiger partial charge in [0, 0.05) is 25.2 Å². The molecule has 0 fully saturated rings. The van der Waals surface area contributed by atoms with Crippen LogP contribution in [0, 0.1) is 13.8 Å². The largest absolute Gasteiger partial charge is 0.330 e. The predicted octanol–water partition coefficient (Wildman–Crippen LogP) is 2.21. The first-order chi connectivity index (χ1) is 8.11. The Kier molecular flexibility index (Phi) is 3.29. The van der Waals surface area contributed by atoms with Gasteiger partial charge < -0.3 is 5.73 Å². The number of benzene rings is 1. The highest BCUT2D eigenvalue weighted by Gasteiger charge is 2.11. The fourth-order valence-electron chi connectivity index (χ4n) is 2.11. The lowest BCUT2D eigenvalue weighted by molar-refractivity contribution is 0.739. The van der Waals surface area contributed by atoms with Crippen molar-refractivity contribution in [2.24, 2.45) is 12.8 Å². The van der Waals surface area contributed by atoms with Gasteiger partial charge in [-0.15, -0.1) is 0 Å². The van der Waals surface area contributed by atoms with Crippen molar-refractivity contribution in [3.63, 3.8) is 0 Å². The molecule has 0 bridgehead atoms. The van der Waals surface area contributed by atoms with E-state index < -0.39 is 0 Å². The maximum absolute atomic E-state index is 5.64. The van der Waals surface area contributed by atoms with Gasteiger partial charge in [-0.2, -0.15) is 5.10 Å². The van der Waals surface area contributed by atoms with Crippen molar-refractivity contribution in [2.75, 3.05) is 6.54 Å². The van der Waals surface area contributed by atoms with Gasteiger partial charge in [-0.05, 0) is 31.5 Å². The summed E-state index contributed by atoms with van der Waals surface area (Å²) in [6.07, 6.45) is 2.90. The van der Waals surface area contributed by atoms with Crippen LogP contribution in [0.25, 0.3) is 11.1 Å². The molecule has 0 saturated carbocycles. The average Bonchev–Trinajstić information content (AvgIpc) is 2.64. The summed E-state index contributed by atoms with van der Waals surface area (Å²) in [6.45, 7) is 4.88. The molecule has 0 radical (unpaired) electrons. The third-order valence-corrected chi connectivity index (χ3v) is 2.97. The smallest absolute Gasteiger partial charge is 0.0715 e. The first-order valence-electron chi connectivity index (χ1n) is 5.92. The van der Waals surface area contributed by atoms with E-state index in [2.05, 4.69) is 43.3 Å². The molecule has 1 aromatic heterocycles. The van der Waals surface area contributed by atoms with Crippen LogP contribution in [0.3, 0.4) is 0 Å². The van der Waals surface area contributed by atoms with Crippen molar-refractivity contribution in [3.05, 3.63) is 41.2 Å². The Morgan fingerprint density at radius 3 is 2.71 bits per heavy atom. The Bertz CT molecular complexity index is 526. The molecule has 0 saturated heterocycles. The summed E-state index contributed by atoms with van der Waals surface area (Å²) in [5, 5.41) is 4.48. The first-order valence-corrected chi connectivity index (χ1v) is 5.92. The van der Waals surface area contributed by atoms with Gasteiger partial charge in [-0.25, -0.2) is 0 Å². The number of nitrogens with two attached hydrogens (primary N) is 1. The quantitative estimate of drug-likeness (QED) is 0.877. The molecule has 3 heteroatoms. The van der Waals surface area contributed by atoms with Crippen LogP contribution in [0.4, 0.5) is 0 Å². The second-order valence-corrected chi connectivity index (χ2v) is 4.52. The van der Waals surface area contributed by atoms with Gasteiger partial charge >= 0.3 is 0 Å². The summed E-state index contributed by atoms with van der Waals surface area (Å²) < 4.78 is 1.86. The lowest BCUT2D eigenvalue weighted by atomic mass is 9.98. The molecule has 17 heavy (non-hydrogen) atoms. The lowest BCUT2D eigenvalue weighted by Gasteiger charge is -2.06. The molecule has 0 aliphatic rings. The first kappa shape index (κ1) is 11.9. The Balaban J connectivity index is 2.55. The minimum absolute atomic E-state index is 0.634. The minimum atomic E-state index is 0.634. The van der Waals surface area contributed by atoms with Crippen LogP contribution >= 0.6 is 0 Å². The number of hydrogen-bond acceptors (Lipinski definition) is 2. The molecule has 0 atom stereocenters. The average molecular weight is 229 g/mol. The van der Waals surface area contributed by atoms with Crippen LogP contribution in [0.1, 0.15) is 16.8 Å². The molecule has 0 unspecified atom stereocenters. The van der Waals surface area contributed by atoms with Crippen LogP contribution in [0.5, 0.6) is 0 Å². The lowest BCUT2D eigenvalue weighted by Crippen LogP contribution is -2.04. The van der Waals surface area contributed by atoms with Crippen LogP contribution < -0.4 is 5.73 Å². The molecule has 0 spiro atoms. The monoisotopic (exact) mass is 229 g/mol. The van der Waals surface area contributed by atoms with Crippen molar-refractivity contribution in [1.29, 1.82) is 0 Å². The summed E-state index contributed by atoms with van der Waals surface area (Å²) >= 11 is 0. The molecule has 1 heterocycles. The maximum Gasteiger partial charge on any atom is 0.0715 e. The molecular weight excluding hydrogens is 210 g/mol. The van der Waals surface area contributed by atoms with Gasteiger partial charge in [0.1, 0.15) is 0 Å². The fourth-order valence-corrected chi connectivity index (χ4v) is 2.11. The normalized spacial score (nSPS) is 10.8. The van der Waals surface area contributed by atoms with Gasteiger partial charge in [0.25, 0.3) is 0 Å². The molecule has 0 aliphatic carbocycles. The highest BCUT2D eigenvalue weighted by Crippen LogP contribution is 2.27. The van der Waals surface area contributed by atoms with Crippen molar-refractivity contribution < 1.29 is 0 Å². The summed E-state index contributed by atoms with van der Waals surface area (Å²) in [5.74, 6) is 0. The van der Waals surface area contributed by atoms with E-state index in [1.807, 2.05) is 11.7 Å². The van der Waals surface area contributed by atoms with E-state index >= 15 is 0 Å². The van der Waals surface area contributed by atoms with Crippen molar-refractivity contribution >= 4 is 0 Å². The third kappa shape index (κ3) is 2.39. The van der Waals surface area contributed by atoms with Crippen molar-refractivity contribution in [1.82, 2.24) is 9.78 Å². The van der Waals surface area contributed by atoms with E-state index in [0.717, 1.165) is 12.1 Å². The van der Waals surface area contributed by atoms with Gasteiger partial charge in [-0.1, -0.05) is 23.8 Å². The predicted molar refractivity (Wildman–Crippen MR) is 70.9 cm³/mol. The molecule has 0 amide bonds. The number of hydrogen-bond donors (Lipinski definition) is 1. The standard InChI is InChI=1S/C14H19N3/c1-10-4-5-11(2)12(8-10)13-9-17(3)16-14(13)6-7-15/h4-5,8-9H,6-7,15H2,1-3H3. The van der Waals surface area contributed by atoms with Crippen LogP contribution in [0.15, 0.2) is 24.4 Å². The zero-order chi connectivity index (χ0) is 12.4. The van der Waals surface area contributed by atoms with Crippen LogP contribution in [-0.2, 0) is 13.5 Å². The Morgan fingerprint density at radius 2 is 2.00 bits per heavy atom. The van der Waals surface area contributed by atoms with E-state index in [4.69, 9.17) is 5.73 Å². The minimum Gasteiger partial charge on any atom is -0.330 e. The second kappa shape index (κ2) is 4.72. The van der Waals surface area contributed by atoms with Crippen LogP contribution in [-0.4, -0.2) is 16.3 Å². The maximum atomic E-state index is 5.64. The van der Waals surface area contributed by atoms with Crippen molar-refractivity contribution in [2.45, 2.75) is 20.3 Å². The fraction of sp³-hybridized carbons (Fsp3) is 0.357. The molecule has 90 valence electrons. The molecule has 2 N–H and O–H groups in total. The Labute approximate surface area is 102 Å². The summed E-state index contributed by atoms with van der Waals surface area (Å²) in [6, 6.07) is 6.51. The number of aryl methyl sites for hydroxylation is 3. The summed E-state index contributed by atoms with van der Waals surface area (Å²) in [5.41, 5.74) is 11.7. The van der Waals surface area contributed by atoms with E-state index in [1.165, 1.54) is 22.3 Å². The molecule has 1 aromatic carbocycles. The second-order valence-electron chi connectivity index (χ2n) is 4.52. The van der Waals surface area contributed by atoms with E-state index in [0.29, 0.717) is 6.54 Å². The number of nitrogens with zero attached hydrogens (tertiary/aromatic N) is 2.